The zero-order valence-electron chi connectivity index (χ0n) is 12.8. The van der Waals surface area contributed by atoms with Crippen LogP contribution in [0.1, 0.15) is 11.7 Å². The fraction of sp³-hybridized carbons (Fsp3) is 0.267. The molecule has 0 saturated carbocycles. The Bertz CT molecular complexity index is 805. The number of methoxy groups -OCH3 is 2. The molecule has 8 heteroatoms. The lowest BCUT2D eigenvalue weighted by atomic mass is 10.1. The Morgan fingerprint density at radius 3 is 2.96 bits per heavy atom. The summed E-state index contributed by atoms with van der Waals surface area (Å²) in [7, 11) is 3.14. The van der Waals surface area contributed by atoms with Gasteiger partial charge in [-0.25, -0.2) is 4.98 Å². The topological polar surface area (TPSA) is 93.8 Å². The van der Waals surface area contributed by atoms with Gasteiger partial charge in [0.2, 0.25) is 5.65 Å². The number of aliphatic hydroxyl groups is 1. The van der Waals surface area contributed by atoms with Crippen molar-refractivity contribution in [3.8, 4) is 11.5 Å². The number of fused-ring (bicyclic) bond motifs is 1. The highest BCUT2D eigenvalue weighted by molar-refractivity contribution is 5.61. The molecule has 2 heterocycles. The number of rotatable bonds is 6. The van der Waals surface area contributed by atoms with Crippen molar-refractivity contribution in [3.63, 3.8) is 0 Å². The van der Waals surface area contributed by atoms with Crippen LogP contribution in [0, 0.1) is 0 Å². The maximum absolute atomic E-state index is 10.5. The van der Waals surface area contributed by atoms with Crippen LogP contribution in [0.3, 0.4) is 0 Å². The summed E-state index contributed by atoms with van der Waals surface area (Å²) in [5.41, 5.74) is 1.23. The van der Waals surface area contributed by atoms with E-state index in [2.05, 4.69) is 20.5 Å². The molecule has 1 atom stereocenters. The second-order valence-corrected chi connectivity index (χ2v) is 4.84. The van der Waals surface area contributed by atoms with Crippen LogP contribution in [0.5, 0.6) is 11.5 Å². The van der Waals surface area contributed by atoms with Crippen LogP contribution in [-0.4, -0.2) is 45.5 Å². The van der Waals surface area contributed by atoms with Crippen molar-refractivity contribution in [3.05, 3.63) is 42.5 Å². The quantitative estimate of drug-likeness (QED) is 0.708. The van der Waals surface area contributed by atoms with Crippen molar-refractivity contribution >= 4 is 11.5 Å². The van der Waals surface area contributed by atoms with Gasteiger partial charge in [-0.1, -0.05) is 0 Å². The average Bonchev–Trinajstić information content (AvgIpc) is 3.08. The molecule has 120 valence electrons. The standard InChI is InChI=1S/C15H17N5O3/c1-22-10-3-4-13(23-2)11(7-10)12(21)8-17-14-15-19-18-9-20(15)6-5-16-14/h3-7,9,12,21H,8H2,1-2H3,(H,16,17)/t12-/m0/s1. The molecule has 2 N–H and O–H groups in total. The first-order chi connectivity index (χ1) is 11.2. The smallest absolute Gasteiger partial charge is 0.203 e. The fourth-order valence-electron chi connectivity index (χ4n) is 2.29. The molecule has 1 aromatic carbocycles. The Morgan fingerprint density at radius 2 is 2.17 bits per heavy atom. The van der Waals surface area contributed by atoms with Gasteiger partial charge < -0.3 is 19.9 Å². The Balaban J connectivity index is 1.79. The van der Waals surface area contributed by atoms with Crippen LogP contribution in [0.4, 0.5) is 5.82 Å². The fourth-order valence-corrected chi connectivity index (χ4v) is 2.29. The Kier molecular flexibility index (Phi) is 4.24. The van der Waals surface area contributed by atoms with Crippen molar-refractivity contribution in [1.29, 1.82) is 0 Å². The Morgan fingerprint density at radius 1 is 1.30 bits per heavy atom. The van der Waals surface area contributed by atoms with Crippen molar-refractivity contribution in [2.45, 2.75) is 6.10 Å². The summed E-state index contributed by atoms with van der Waals surface area (Å²) in [6.07, 6.45) is 4.17. The number of aliphatic hydroxyl groups excluding tert-OH is 1. The molecule has 3 aromatic rings. The molecule has 0 fully saturated rings. The molecule has 23 heavy (non-hydrogen) atoms. The molecular weight excluding hydrogens is 298 g/mol. The van der Waals surface area contributed by atoms with E-state index in [0.29, 0.717) is 28.5 Å². The molecular formula is C15H17N5O3. The van der Waals surface area contributed by atoms with E-state index in [1.807, 2.05) is 0 Å². The summed E-state index contributed by atoms with van der Waals surface area (Å²) in [6, 6.07) is 5.28. The second kappa shape index (κ2) is 6.49. The van der Waals surface area contributed by atoms with Crippen LogP contribution < -0.4 is 14.8 Å². The Labute approximate surface area is 132 Å². The van der Waals surface area contributed by atoms with Crippen LogP contribution >= 0.6 is 0 Å². The minimum atomic E-state index is -0.801. The van der Waals surface area contributed by atoms with E-state index in [-0.39, 0.29) is 6.54 Å². The summed E-state index contributed by atoms with van der Waals surface area (Å²) in [5.74, 6) is 1.79. The van der Waals surface area contributed by atoms with E-state index in [1.54, 1.807) is 55.5 Å². The third-order valence-electron chi connectivity index (χ3n) is 3.47. The number of nitrogens with one attached hydrogen (secondary N) is 1. The number of nitrogens with zero attached hydrogens (tertiary/aromatic N) is 4. The molecule has 0 bridgehead atoms. The van der Waals surface area contributed by atoms with E-state index < -0.39 is 6.10 Å². The van der Waals surface area contributed by atoms with Crippen molar-refractivity contribution in [2.75, 3.05) is 26.1 Å². The summed E-state index contributed by atoms with van der Waals surface area (Å²) in [6.45, 7) is 0.239. The van der Waals surface area contributed by atoms with E-state index in [4.69, 9.17) is 9.47 Å². The molecule has 0 aliphatic rings. The van der Waals surface area contributed by atoms with E-state index >= 15 is 0 Å². The molecule has 0 amide bonds. The van der Waals surface area contributed by atoms with Gasteiger partial charge in [0.1, 0.15) is 17.8 Å². The molecule has 0 saturated heterocycles. The second-order valence-electron chi connectivity index (χ2n) is 4.84. The van der Waals surface area contributed by atoms with Gasteiger partial charge in [0.25, 0.3) is 0 Å². The SMILES string of the molecule is COc1ccc(OC)c([C@@H](O)CNc2nccn3cnnc23)c1. The number of ether oxygens (including phenoxy) is 2. The van der Waals surface area contributed by atoms with Crippen molar-refractivity contribution < 1.29 is 14.6 Å². The summed E-state index contributed by atoms with van der Waals surface area (Å²) < 4.78 is 12.2. The molecule has 2 aromatic heterocycles. The molecule has 3 rings (SSSR count). The van der Waals surface area contributed by atoms with Crippen LogP contribution in [0.25, 0.3) is 5.65 Å². The van der Waals surface area contributed by atoms with Gasteiger partial charge in [-0.05, 0) is 18.2 Å². The molecule has 0 aliphatic carbocycles. The maximum Gasteiger partial charge on any atom is 0.203 e. The predicted molar refractivity (Wildman–Crippen MR) is 83.8 cm³/mol. The van der Waals surface area contributed by atoms with Crippen molar-refractivity contribution in [1.82, 2.24) is 19.6 Å². The molecule has 0 unspecified atom stereocenters. The van der Waals surface area contributed by atoms with Gasteiger partial charge in [0.05, 0.1) is 20.3 Å². The molecule has 0 spiro atoms. The first-order valence-electron chi connectivity index (χ1n) is 7.01. The number of hydrogen-bond acceptors (Lipinski definition) is 7. The summed E-state index contributed by atoms with van der Waals surface area (Å²) >= 11 is 0. The highest BCUT2D eigenvalue weighted by Crippen LogP contribution is 2.29. The summed E-state index contributed by atoms with van der Waals surface area (Å²) in [4.78, 5) is 4.22. The predicted octanol–water partition coefficient (Wildman–Crippen LogP) is 1.29. The van der Waals surface area contributed by atoms with Gasteiger partial charge >= 0.3 is 0 Å². The maximum atomic E-state index is 10.5. The third-order valence-corrected chi connectivity index (χ3v) is 3.47. The van der Waals surface area contributed by atoms with E-state index in [0.717, 1.165) is 0 Å². The minimum Gasteiger partial charge on any atom is -0.497 e. The summed E-state index contributed by atoms with van der Waals surface area (Å²) in [5, 5.41) is 21.4. The lowest BCUT2D eigenvalue weighted by Gasteiger charge is -2.16. The monoisotopic (exact) mass is 315 g/mol. The van der Waals surface area contributed by atoms with Crippen LogP contribution in [0.15, 0.2) is 36.9 Å². The third kappa shape index (κ3) is 3.02. The van der Waals surface area contributed by atoms with Gasteiger partial charge in [0, 0.05) is 24.5 Å². The number of aromatic nitrogens is 4. The lowest BCUT2D eigenvalue weighted by Crippen LogP contribution is -2.14. The minimum absolute atomic E-state index is 0.239. The van der Waals surface area contributed by atoms with Crippen LogP contribution in [0.2, 0.25) is 0 Å². The zero-order chi connectivity index (χ0) is 16.2. The number of benzene rings is 1. The highest BCUT2D eigenvalue weighted by Gasteiger charge is 2.15. The molecule has 0 radical (unpaired) electrons. The van der Waals surface area contributed by atoms with Gasteiger partial charge in [-0.3, -0.25) is 4.40 Å². The lowest BCUT2D eigenvalue weighted by molar-refractivity contribution is 0.186. The van der Waals surface area contributed by atoms with Gasteiger partial charge in [-0.2, -0.15) is 0 Å². The first-order valence-corrected chi connectivity index (χ1v) is 7.01. The Hall–Kier alpha value is -2.87. The number of hydrogen-bond donors (Lipinski definition) is 2. The normalized spacial score (nSPS) is 12.1. The zero-order valence-corrected chi connectivity index (χ0v) is 12.8. The highest BCUT2D eigenvalue weighted by atomic mass is 16.5. The van der Waals surface area contributed by atoms with Gasteiger partial charge in [0.15, 0.2) is 5.82 Å². The first kappa shape index (κ1) is 15.0. The van der Waals surface area contributed by atoms with Crippen LogP contribution in [-0.2, 0) is 0 Å². The van der Waals surface area contributed by atoms with E-state index in [9.17, 15) is 5.11 Å². The largest absolute Gasteiger partial charge is 0.497 e. The average molecular weight is 315 g/mol. The molecule has 0 aliphatic heterocycles. The van der Waals surface area contributed by atoms with E-state index in [1.165, 1.54) is 0 Å². The number of anilines is 1. The van der Waals surface area contributed by atoms with Crippen molar-refractivity contribution in [2.24, 2.45) is 0 Å². The molecule has 8 nitrogen and oxygen atoms in total. The van der Waals surface area contributed by atoms with Gasteiger partial charge in [-0.15, -0.1) is 10.2 Å².